The van der Waals surface area contributed by atoms with Crippen molar-refractivity contribution in [2.75, 3.05) is 39.6 Å². The van der Waals surface area contributed by atoms with E-state index in [0.29, 0.717) is 19.3 Å². The molecule has 0 aromatic heterocycles. The van der Waals surface area contributed by atoms with Gasteiger partial charge in [-0.1, -0.05) is 254 Å². The molecule has 0 spiro atoms. The Morgan fingerprint density at radius 2 is 0.535 bits per heavy atom. The second-order valence-corrected chi connectivity index (χ2v) is 26.9. The number of hydrogen-bond acceptors (Lipinski definition) is 14. The Balaban J connectivity index is 4.80. The molecule has 5 atom stereocenters. The maximum atomic E-state index is 13.0. The standard InChI is InChI=1S/C81H130O16P2/c1-4-7-10-13-16-19-22-25-28-31-34-36-37-39-42-43-46-49-52-55-58-61-64-67-79(84)91-70-76(82)71-93-98(87,88)94-72-77(83)73-95-99(89,90)96-75-78(97-81(86)69-66-63-60-57-54-51-48-45-40-33-30-27-24-21-18-15-12-9-6-3)74-92-80(85)68-65-62-59-56-53-50-47-44-41-38-35-32-29-26-23-20-17-14-11-8-5-2/h8-9,11-12,16-21,25-30,34-36,38-40,42,44-45,47,51,53-54,56,76-78,82-83H,4-7,10,13-15,22-24,31-33,37,41,43,46,48-50,52,55,57-75H2,1-3H3,(H,87,88)(H,89,90)/b11-8-,12-9-,19-16-,20-17-,21-18-,28-25-,29-26-,30-27-,36-34-,38-35-,42-39-,45-40-,47-44-,54-51-,56-53-. The first-order valence-corrected chi connectivity index (χ1v) is 40.1. The average molecular weight is 1420 g/mol. The molecule has 0 aliphatic rings. The highest BCUT2D eigenvalue weighted by molar-refractivity contribution is 7.47. The molecule has 0 fully saturated rings. The van der Waals surface area contributed by atoms with Gasteiger partial charge in [0.15, 0.2) is 6.10 Å². The number of rotatable bonds is 68. The molecule has 0 heterocycles. The largest absolute Gasteiger partial charge is 0.472 e. The molecule has 5 unspecified atom stereocenters. The maximum absolute atomic E-state index is 13.0. The van der Waals surface area contributed by atoms with Gasteiger partial charge < -0.3 is 34.2 Å². The molecule has 0 rings (SSSR count). The van der Waals surface area contributed by atoms with Crippen LogP contribution in [0.5, 0.6) is 0 Å². The molecular weight excluding hydrogens is 1290 g/mol. The first-order valence-electron chi connectivity index (χ1n) is 37.1. The van der Waals surface area contributed by atoms with Crippen LogP contribution in [0, 0.1) is 0 Å². The Labute approximate surface area is 598 Å². The molecule has 0 saturated heterocycles. The van der Waals surface area contributed by atoms with E-state index < -0.39 is 91.5 Å². The van der Waals surface area contributed by atoms with Gasteiger partial charge in [-0.25, -0.2) is 9.13 Å². The first-order chi connectivity index (χ1) is 48.2. The average Bonchev–Trinajstić information content (AvgIpc) is 2.42. The molecule has 99 heavy (non-hydrogen) atoms. The van der Waals surface area contributed by atoms with Crippen molar-refractivity contribution in [3.63, 3.8) is 0 Å². The highest BCUT2D eigenvalue weighted by atomic mass is 31.2. The maximum Gasteiger partial charge on any atom is 0.472 e. The summed E-state index contributed by atoms with van der Waals surface area (Å²) in [7, 11) is -9.83. The number of carbonyl (C=O) groups excluding carboxylic acids is 3. The zero-order valence-corrected chi connectivity index (χ0v) is 62.6. The summed E-state index contributed by atoms with van der Waals surface area (Å²) in [6.45, 7) is 2.28. The Bertz CT molecular complexity index is 2530. The third-order valence-corrected chi connectivity index (χ3v) is 16.5. The zero-order valence-electron chi connectivity index (χ0n) is 60.8. The van der Waals surface area contributed by atoms with Crippen LogP contribution in [0.1, 0.15) is 252 Å². The predicted molar refractivity (Wildman–Crippen MR) is 408 cm³/mol. The number of phosphoric ester groups is 2. The fourth-order valence-corrected chi connectivity index (χ4v) is 10.6. The molecule has 0 aliphatic heterocycles. The molecular formula is C81H130O16P2. The molecule has 0 bridgehead atoms. The van der Waals surface area contributed by atoms with E-state index in [1.54, 1.807) is 0 Å². The first kappa shape index (κ1) is 93.6. The summed E-state index contributed by atoms with van der Waals surface area (Å²) in [5.41, 5.74) is 0. The van der Waals surface area contributed by atoms with Gasteiger partial charge in [-0.15, -0.1) is 0 Å². The van der Waals surface area contributed by atoms with Gasteiger partial charge >= 0.3 is 33.6 Å². The van der Waals surface area contributed by atoms with E-state index in [1.807, 2.05) is 0 Å². The number of hydrogen-bond donors (Lipinski definition) is 4. The van der Waals surface area contributed by atoms with Crippen molar-refractivity contribution in [3.8, 4) is 0 Å². The molecule has 0 aliphatic carbocycles. The van der Waals surface area contributed by atoms with Crippen LogP contribution in [0.3, 0.4) is 0 Å². The SMILES string of the molecule is CC/C=C\C/C=C\C/C=C\C/C=C\C/C=C\C/C=C\CCCCC(=O)OCC(COP(=O)(O)OCC(O)COP(=O)(O)OCC(O)COC(=O)CCCCCCCCC/C=C\C/C=C\C/C=C\C/C=C\CCCCC)OC(=O)CCCCC/C=C\C/C=C\C/C=C\C/C=C\C/C=C\CC. The number of unbranched alkanes of at least 4 members (excludes halogenated alkanes) is 15. The number of aliphatic hydroxyl groups excluding tert-OH is 2. The van der Waals surface area contributed by atoms with Crippen LogP contribution in [0.25, 0.3) is 0 Å². The van der Waals surface area contributed by atoms with Crippen LogP contribution in [-0.4, -0.2) is 95.9 Å². The van der Waals surface area contributed by atoms with Gasteiger partial charge in [-0.05, 0) is 161 Å². The van der Waals surface area contributed by atoms with Crippen LogP contribution in [0.2, 0.25) is 0 Å². The van der Waals surface area contributed by atoms with Gasteiger partial charge in [0.25, 0.3) is 0 Å². The summed E-state index contributed by atoms with van der Waals surface area (Å²) in [6, 6.07) is 0. The van der Waals surface area contributed by atoms with Gasteiger partial charge in [0.05, 0.1) is 26.4 Å². The molecule has 0 amide bonds. The topological polar surface area (TPSA) is 231 Å². The highest BCUT2D eigenvalue weighted by Crippen LogP contribution is 2.45. The summed E-state index contributed by atoms with van der Waals surface area (Å²) >= 11 is 0. The number of aliphatic hydroxyl groups is 2. The van der Waals surface area contributed by atoms with Crippen LogP contribution < -0.4 is 0 Å². The van der Waals surface area contributed by atoms with Gasteiger partial charge in [0, 0.05) is 19.3 Å². The van der Waals surface area contributed by atoms with E-state index in [9.17, 15) is 43.5 Å². The molecule has 4 N–H and O–H groups in total. The third-order valence-electron chi connectivity index (χ3n) is 14.6. The minimum atomic E-state index is -4.96. The molecule has 18 heteroatoms. The number of phosphoric acid groups is 2. The molecule has 560 valence electrons. The minimum Gasteiger partial charge on any atom is -0.463 e. The third kappa shape index (κ3) is 73.7. The Hall–Kier alpha value is -5.35. The molecule has 16 nitrogen and oxygen atoms in total. The molecule has 0 aromatic rings. The van der Waals surface area contributed by atoms with Gasteiger partial charge in [0.2, 0.25) is 0 Å². The van der Waals surface area contributed by atoms with Crippen molar-refractivity contribution in [1.82, 2.24) is 0 Å². The molecule has 0 aromatic carbocycles. The van der Waals surface area contributed by atoms with E-state index in [-0.39, 0.29) is 19.3 Å². The van der Waals surface area contributed by atoms with Crippen molar-refractivity contribution in [2.45, 2.75) is 270 Å². The lowest BCUT2D eigenvalue weighted by molar-refractivity contribution is -0.161. The lowest BCUT2D eigenvalue weighted by atomic mass is 10.1. The minimum absolute atomic E-state index is 0.0468. The van der Waals surface area contributed by atoms with E-state index in [4.69, 9.17) is 32.3 Å². The van der Waals surface area contributed by atoms with E-state index in [0.717, 1.165) is 167 Å². The second-order valence-electron chi connectivity index (χ2n) is 24.0. The van der Waals surface area contributed by atoms with E-state index in [2.05, 4.69) is 203 Å². The summed E-state index contributed by atoms with van der Waals surface area (Å²) < 4.78 is 61.0. The van der Waals surface area contributed by atoms with Crippen molar-refractivity contribution in [1.29, 1.82) is 0 Å². The quantitative estimate of drug-likeness (QED) is 0.0146. The Morgan fingerprint density at radius 1 is 0.293 bits per heavy atom. The van der Waals surface area contributed by atoms with Crippen molar-refractivity contribution < 1.29 is 75.8 Å². The predicted octanol–water partition coefficient (Wildman–Crippen LogP) is 21.4. The second kappa shape index (κ2) is 72.4. The van der Waals surface area contributed by atoms with Gasteiger partial charge in [-0.2, -0.15) is 0 Å². The fourth-order valence-electron chi connectivity index (χ4n) is 8.99. The van der Waals surface area contributed by atoms with Crippen molar-refractivity contribution in [3.05, 3.63) is 182 Å². The number of ether oxygens (including phenoxy) is 3. The fraction of sp³-hybridized carbons (Fsp3) is 0.593. The Kier molecular flexibility index (Phi) is 68.5. The number of esters is 3. The Morgan fingerprint density at radius 3 is 0.879 bits per heavy atom. The monoisotopic (exact) mass is 1420 g/mol. The van der Waals surface area contributed by atoms with Crippen LogP contribution in [0.4, 0.5) is 0 Å². The normalized spacial score (nSPS) is 15.1. The number of carbonyl (C=O) groups is 3. The molecule has 0 radical (unpaired) electrons. The summed E-state index contributed by atoms with van der Waals surface area (Å²) in [5, 5.41) is 20.6. The van der Waals surface area contributed by atoms with Gasteiger partial charge in [0.1, 0.15) is 25.4 Å². The van der Waals surface area contributed by atoms with Crippen LogP contribution in [0.15, 0.2) is 182 Å². The zero-order chi connectivity index (χ0) is 72.3. The lowest BCUT2D eigenvalue weighted by Gasteiger charge is -2.21. The summed E-state index contributed by atoms with van der Waals surface area (Å²) in [4.78, 5) is 58.6. The van der Waals surface area contributed by atoms with E-state index >= 15 is 0 Å². The van der Waals surface area contributed by atoms with Gasteiger partial charge in [-0.3, -0.25) is 32.5 Å². The van der Waals surface area contributed by atoms with Crippen molar-refractivity contribution >= 4 is 33.6 Å². The van der Waals surface area contributed by atoms with Crippen LogP contribution in [-0.2, 0) is 55.8 Å². The van der Waals surface area contributed by atoms with Crippen LogP contribution >= 0.6 is 15.6 Å². The van der Waals surface area contributed by atoms with E-state index in [1.165, 1.54) is 25.7 Å². The lowest BCUT2D eigenvalue weighted by Crippen LogP contribution is -2.30. The number of allylic oxidation sites excluding steroid dienone is 30. The molecule has 0 saturated carbocycles. The van der Waals surface area contributed by atoms with Crippen molar-refractivity contribution in [2.24, 2.45) is 0 Å². The smallest absolute Gasteiger partial charge is 0.463 e. The summed E-state index contributed by atoms with van der Waals surface area (Å²) in [5.74, 6) is -1.69. The highest BCUT2D eigenvalue weighted by Gasteiger charge is 2.29. The summed E-state index contributed by atoms with van der Waals surface area (Å²) in [6.07, 6.45) is 92.2.